The van der Waals surface area contributed by atoms with Crippen LogP contribution in [0.1, 0.15) is 39.9 Å². The fourth-order valence-corrected chi connectivity index (χ4v) is 4.98. The van der Waals surface area contributed by atoms with E-state index in [9.17, 15) is 18.0 Å². The summed E-state index contributed by atoms with van der Waals surface area (Å²) in [6.45, 7) is 0. The van der Waals surface area contributed by atoms with Gasteiger partial charge in [-0.1, -0.05) is 23.7 Å². The summed E-state index contributed by atoms with van der Waals surface area (Å²) in [7, 11) is -3.67. The van der Waals surface area contributed by atoms with E-state index >= 15 is 0 Å². The number of hydrogen-bond acceptors (Lipinski definition) is 4. The number of carbonyl (C=O) groups is 2. The summed E-state index contributed by atoms with van der Waals surface area (Å²) >= 11 is 5.82. The Morgan fingerprint density at radius 3 is 2.57 bits per heavy atom. The van der Waals surface area contributed by atoms with Gasteiger partial charge in [0, 0.05) is 23.0 Å². The van der Waals surface area contributed by atoms with Crippen LogP contribution in [0.3, 0.4) is 0 Å². The second-order valence-electron chi connectivity index (χ2n) is 6.80. The minimum Gasteiger partial charge on any atom is -0.481 e. The van der Waals surface area contributed by atoms with Gasteiger partial charge >= 0.3 is 5.97 Å². The van der Waals surface area contributed by atoms with Crippen LogP contribution >= 0.6 is 11.6 Å². The van der Waals surface area contributed by atoms with E-state index in [1.807, 2.05) is 6.07 Å². The van der Waals surface area contributed by atoms with E-state index in [2.05, 4.69) is 4.72 Å². The van der Waals surface area contributed by atoms with Gasteiger partial charge in [-0.2, -0.15) is 0 Å². The standard InChI is InChI=1S/C20H20ClNO5S/c21-15-3-6-17(7-4-15)28(26,27)22-16-5-8-18-13(11-16)1-2-14(12-23)19(18)9-10-20(24)25/h1-4,6-7,12,16,22H,5,8-11H2,(H,24,25). The quantitative estimate of drug-likeness (QED) is 0.669. The van der Waals surface area contributed by atoms with Gasteiger partial charge in [-0.15, -0.1) is 0 Å². The minimum atomic E-state index is -3.67. The molecule has 148 valence electrons. The molecule has 0 fully saturated rings. The monoisotopic (exact) mass is 421 g/mol. The maximum absolute atomic E-state index is 12.6. The van der Waals surface area contributed by atoms with Crippen molar-refractivity contribution in [3.05, 3.63) is 63.7 Å². The number of nitrogens with one attached hydrogen (secondary N) is 1. The Labute approximate surface area is 168 Å². The van der Waals surface area contributed by atoms with Crippen molar-refractivity contribution in [1.82, 2.24) is 4.72 Å². The van der Waals surface area contributed by atoms with Crippen molar-refractivity contribution in [3.63, 3.8) is 0 Å². The zero-order valence-corrected chi connectivity index (χ0v) is 16.6. The first-order valence-electron chi connectivity index (χ1n) is 8.88. The van der Waals surface area contributed by atoms with E-state index < -0.39 is 16.0 Å². The molecular weight excluding hydrogens is 402 g/mol. The number of carbonyl (C=O) groups excluding carboxylic acids is 1. The number of hydrogen-bond donors (Lipinski definition) is 2. The number of halogens is 1. The molecule has 0 bridgehead atoms. The molecule has 0 saturated carbocycles. The third kappa shape index (κ3) is 4.60. The Balaban J connectivity index is 1.81. The Morgan fingerprint density at radius 1 is 1.21 bits per heavy atom. The lowest BCUT2D eigenvalue weighted by Crippen LogP contribution is -2.39. The molecule has 0 spiro atoms. The van der Waals surface area contributed by atoms with Gasteiger partial charge in [0.05, 0.1) is 4.90 Å². The second kappa shape index (κ2) is 8.43. The van der Waals surface area contributed by atoms with Crippen molar-refractivity contribution < 1.29 is 23.1 Å². The van der Waals surface area contributed by atoms with E-state index in [1.54, 1.807) is 6.07 Å². The first kappa shape index (κ1) is 20.5. The Hall–Kier alpha value is -2.22. The number of rotatable bonds is 7. The second-order valence-corrected chi connectivity index (χ2v) is 8.95. The number of aliphatic carboxylic acids is 1. The van der Waals surface area contributed by atoms with E-state index in [1.165, 1.54) is 24.3 Å². The molecule has 0 aliphatic heterocycles. The van der Waals surface area contributed by atoms with Crippen LogP contribution in [0, 0.1) is 0 Å². The topological polar surface area (TPSA) is 101 Å². The first-order valence-corrected chi connectivity index (χ1v) is 10.7. The van der Waals surface area contributed by atoms with Gasteiger partial charge in [-0.25, -0.2) is 13.1 Å². The number of carboxylic acid groups (broad SMARTS) is 1. The molecule has 28 heavy (non-hydrogen) atoms. The van der Waals surface area contributed by atoms with Crippen molar-refractivity contribution in [1.29, 1.82) is 0 Å². The molecule has 0 aromatic heterocycles. The van der Waals surface area contributed by atoms with Crippen LogP contribution < -0.4 is 4.72 Å². The third-order valence-electron chi connectivity index (χ3n) is 4.94. The molecule has 8 heteroatoms. The molecule has 2 N–H and O–H groups in total. The van der Waals surface area contributed by atoms with E-state index in [4.69, 9.17) is 16.7 Å². The Kier molecular flexibility index (Phi) is 6.17. The average molecular weight is 422 g/mol. The average Bonchev–Trinajstić information content (AvgIpc) is 2.65. The SMILES string of the molecule is O=Cc1ccc2c(c1CCC(=O)O)CCC(NS(=O)(=O)c1ccc(Cl)cc1)C2. The van der Waals surface area contributed by atoms with Gasteiger partial charge in [0.2, 0.25) is 10.0 Å². The largest absolute Gasteiger partial charge is 0.481 e. The molecule has 0 heterocycles. The summed E-state index contributed by atoms with van der Waals surface area (Å²) in [6, 6.07) is 9.21. The summed E-state index contributed by atoms with van der Waals surface area (Å²) in [6.07, 6.45) is 2.62. The highest BCUT2D eigenvalue weighted by molar-refractivity contribution is 7.89. The summed E-state index contributed by atoms with van der Waals surface area (Å²) in [5.74, 6) is -0.918. The predicted octanol–water partition coefficient (Wildman–Crippen LogP) is 3.01. The number of fused-ring (bicyclic) bond motifs is 1. The van der Waals surface area contributed by atoms with Crippen LogP contribution in [0.2, 0.25) is 5.02 Å². The van der Waals surface area contributed by atoms with Gasteiger partial charge in [-0.3, -0.25) is 9.59 Å². The van der Waals surface area contributed by atoms with Crippen molar-refractivity contribution in [2.24, 2.45) is 0 Å². The third-order valence-corrected chi connectivity index (χ3v) is 6.72. The molecule has 1 unspecified atom stereocenters. The molecule has 0 radical (unpaired) electrons. The van der Waals surface area contributed by atoms with Gasteiger partial charge in [0.15, 0.2) is 0 Å². The lowest BCUT2D eigenvalue weighted by molar-refractivity contribution is -0.136. The number of carboxylic acids is 1. The maximum atomic E-state index is 12.6. The molecule has 2 aromatic carbocycles. The van der Waals surface area contributed by atoms with Gasteiger partial charge in [0.1, 0.15) is 6.29 Å². The van der Waals surface area contributed by atoms with Crippen molar-refractivity contribution in [2.45, 2.75) is 43.0 Å². The molecule has 0 amide bonds. The van der Waals surface area contributed by atoms with Gasteiger partial charge < -0.3 is 5.11 Å². The molecule has 3 rings (SSSR count). The highest BCUT2D eigenvalue weighted by atomic mass is 35.5. The summed E-state index contributed by atoms with van der Waals surface area (Å²) in [4.78, 5) is 22.4. The minimum absolute atomic E-state index is 0.0517. The van der Waals surface area contributed by atoms with Crippen LogP contribution in [-0.2, 0) is 34.1 Å². The van der Waals surface area contributed by atoms with Crippen LogP contribution in [0.25, 0.3) is 0 Å². The molecule has 1 aliphatic carbocycles. The molecule has 6 nitrogen and oxygen atoms in total. The highest BCUT2D eigenvalue weighted by Gasteiger charge is 2.26. The Morgan fingerprint density at radius 2 is 1.93 bits per heavy atom. The van der Waals surface area contributed by atoms with Crippen molar-refractivity contribution in [3.8, 4) is 0 Å². The molecule has 1 aliphatic rings. The lowest BCUT2D eigenvalue weighted by atomic mass is 9.83. The van der Waals surface area contributed by atoms with Crippen LogP contribution in [0.15, 0.2) is 41.3 Å². The zero-order valence-electron chi connectivity index (χ0n) is 15.0. The van der Waals surface area contributed by atoms with Gasteiger partial charge in [0.25, 0.3) is 0 Å². The molecule has 2 aromatic rings. The zero-order chi connectivity index (χ0) is 20.3. The van der Waals surface area contributed by atoms with Crippen LogP contribution in [0.4, 0.5) is 0 Å². The highest BCUT2D eigenvalue weighted by Crippen LogP contribution is 2.28. The summed E-state index contributed by atoms with van der Waals surface area (Å²) in [5.41, 5.74) is 3.17. The molecular formula is C20H20ClNO5S. The molecule has 1 atom stereocenters. The maximum Gasteiger partial charge on any atom is 0.303 e. The summed E-state index contributed by atoms with van der Waals surface area (Å²) < 4.78 is 27.9. The summed E-state index contributed by atoms with van der Waals surface area (Å²) in [5, 5.41) is 9.43. The first-order chi connectivity index (χ1) is 13.3. The Bertz CT molecular complexity index is 1000. The smallest absolute Gasteiger partial charge is 0.303 e. The van der Waals surface area contributed by atoms with Crippen LogP contribution in [0.5, 0.6) is 0 Å². The fraction of sp³-hybridized carbons (Fsp3) is 0.300. The molecule has 0 saturated heterocycles. The number of sulfonamides is 1. The van der Waals surface area contributed by atoms with Crippen molar-refractivity contribution in [2.75, 3.05) is 0 Å². The lowest BCUT2D eigenvalue weighted by Gasteiger charge is -2.27. The van der Waals surface area contributed by atoms with E-state index in [-0.39, 0.29) is 23.8 Å². The number of benzene rings is 2. The van der Waals surface area contributed by atoms with Gasteiger partial charge in [-0.05, 0) is 66.6 Å². The normalized spacial score (nSPS) is 16.4. The fourth-order valence-electron chi connectivity index (χ4n) is 3.59. The van der Waals surface area contributed by atoms with E-state index in [0.29, 0.717) is 29.8 Å². The predicted molar refractivity (Wildman–Crippen MR) is 105 cm³/mol. The number of aldehydes is 1. The van der Waals surface area contributed by atoms with Crippen LogP contribution in [-0.4, -0.2) is 31.8 Å². The van der Waals surface area contributed by atoms with E-state index in [0.717, 1.165) is 23.0 Å². The van der Waals surface area contributed by atoms with Crippen molar-refractivity contribution >= 4 is 33.9 Å².